The molecule has 12 heteroatoms. The number of hydrogen-bond donors (Lipinski definition) is 0. The Morgan fingerprint density at radius 3 is 2.32 bits per heavy atom. The molecule has 0 aliphatic carbocycles. The van der Waals surface area contributed by atoms with Gasteiger partial charge in [0.05, 0.1) is 10.8 Å². The molecule has 1 unspecified atom stereocenters. The van der Waals surface area contributed by atoms with Crippen LogP contribution in [0.2, 0.25) is 0 Å². The Bertz CT molecular complexity index is 1050. The van der Waals surface area contributed by atoms with E-state index in [1.807, 2.05) is 0 Å². The van der Waals surface area contributed by atoms with Gasteiger partial charge in [0.15, 0.2) is 0 Å². The Labute approximate surface area is 177 Å². The van der Waals surface area contributed by atoms with E-state index in [0.29, 0.717) is 38.0 Å². The van der Waals surface area contributed by atoms with E-state index in [9.17, 15) is 26.4 Å². The summed E-state index contributed by atoms with van der Waals surface area (Å²) in [7, 11) is -3.57. The van der Waals surface area contributed by atoms with Gasteiger partial charge in [-0.15, -0.1) is 10.2 Å². The maximum atomic E-state index is 12.9. The Kier molecular flexibility index (Phi) is 5.77. The van der Waals surface area contributed by atoms with Crippen molar-refractivity contribution in [1.82, 2.24) is 19.4 Å². The number of piperidine rings is 1. The summed E-state index contributed by atoms with van der Waals surface area (Å²) in [6.07, 6.45) is -1.96. The molecule has 31 heavy (non-hydrogen) atoms. The first-order valence-corrected chi connectivity index (χ1v) is 11.4. The van der Waals surface area contributed by atoms with Crippen LogP contribution in [-0.2, 0) is 16.2 Å². The number of amides is 1. The largest absolute Gasteiger partial charge is 0.470 e. The third kappa shape index (κ3) is 4.45. The van der Waals surface area contributed by atoms with Gasteiger partial charge in [0.25, 0.3) is 5.91 Å². The molecular formula is C19H21F3N4O4S. The molecular weight excluding hydrogens is 437 g/mol. The van der Waals surface area contributed by atoms with E-state index in [1.54, 1.807) is 0 Å². The minimum Gasteiger partial charge on any atom is -0.417 e. The van der Waals surface area contributed by atoms with Gasteiger partial charge in [-0.3, -0.25) is 4.79 Å². The smallest absolute Gasteiger partial charge is 0.417 e. The van der Waals surface area contributed by atoms with E-state index in [-0.39, 0.29) is 23.2 Å². The fraction of sp³-hybridized carbons (Fsp3) is 0.526. The summed E-state index contributed by atoms with van der Waals surface area (Å²) in [6.45, 7) is 1.56. The summed E-state index contributed by atoms with van der Waals surface area (Å²) < 4.78 is 69.5. The first kappa shape index (κ1) is 21.8. The van der Waals surface area contributed by atoms with Gasteiger partial charge in [-0.1, -0.05) is 0 Å². The molecule has 4 rings (SSSR count). The van der Waals surface area contributed by atoms with E-state index in [0.717, 1.165) is 12.8 Å². The maximum Gasteiger partial charge on any atom is 0.470 e. The average Bonchev–Trinajstić information content (AvgIpc) is 3.45. The van der Waals surface area contributed by atoms with Gasteiger partial charge >= 0.3 is 12.1 Å². The van der Waals surface area contributed by atoms with Crippen molar-refractivity contribution in [3.8, 4) is 0 Å². The molecule has 0 saturated carbocycles. The van der Waals surface area contributed by atoms with Gasteiger partial charge < -0.3 is 9.32 Å². The number of carbonyl (C=O) groups excluding carboxylic acids is 1. The Hall–Kier alpha value is -2.47. The minimum absolute atomic E-state index is 0.132. The summed E-state index contributed by atoms with van der Waals surface area (Å²) in [5, 5.41) is 6.55. The summed E-state index contributed by atoms with van der Waals surface area (Å²) in [5.74, 6) is -2.36. The molecule has 2 saturated heterocycles. The zero-order valence-corrected chi connectivity index (χ0v) is 17.3. The quantitative estimate of drug-likeness (QED) is 0.699. The van der Waals surface area contributed by atoms with E-state index in [4.69, 9.17) is 4.42 Å². The molecule has 2 aromatic rings. The van der Waals surface area contributed by atoms with Crippen molar-refractivity contribution in [2.24, 2.45) is 0 Å². The molecule has 1 amide bonds. The zero-order valence-electron chi connectivity index (χ0n) is 16.5. The number of nitrogens with zero attached hydrogens (tertiary/aromatic N) is 4. The van der Waals surface area contributed by atoms with Crippen LogP contribution in [0.25, 0.3) is 0 Å². The number of halogens is 3. The number of benzene rings is 1. The number of sulfonamides is 1. The second kappa shape index (κ2) is 8.23. The van der Waals surface area contributed by atoms with Gasteiger partial charge in [0.1, 0.15) is 0 Å². The van der Waals surface area contributed by atoms with Crippen molar-refractivity contribution in [2.75, 3.05) is 26.2 Å². The lowest BCUT2D eigenvalue weighted by molar-refractivity contribution is -0.157. The lowest BCUT2D eigenvalue weighted by atomic mass is 9.97. The standard InChI is InChI=1S/C19H21F3N4O4S/c20-19(21,22)18-24-23-16(30-18)14-4-3-9-25(12-14)17(27)13-5-7-15(8-6-13)31(28,29)26-10-1-2-11-26/h5-8,14H,1-4,9-12H2. The number of carbonyl (C=O) groups is 1. The topological polar surface area (TPSA) is 96.6 Å². The third-order valence-electron chi connectivity index (χ3n) is 5.55. The van der Waals surface area contributed by atoms with Gasteiger partial charge in [-0.05, 0) is 49.9 Å². The molecule has 3 heterocycles. The van der Waals surface area contributed by atoms with Crippen LogP contribution in [-0.4, -0.2) is 59.9 Å². The highest BCUT2D eigenvalue weighted by atomic mass is 32.2. The van der Waals surface area contributed by atoms with Crippen LogP contribution in [0.4, 0.5) is 13.2 Å². The van der Waals surface area contributed by atoms with E-state index in [2.05, 4.69) is 10.2 Å². The lowest BCUT2D eigenvalue weighted by Crippen LogP contribution is -2.39. The molecule has 0 radical (unpaired) electrons. The second-order valence-corrected chi connectivity index (χ2v) is 9.61. The van der Waals surface area contributed by atoms with Crippen molar-refractivity contribution in [1.29, 1.82) is 0 Å². The number of aromatic nitrogens is 2. The molecule has 2 aliphatic heterocycles. The van der Waals surface area contributed by atoms with Crippen LogP contribution < -0.4 is 0 Å². The first-order valence-electron chi connectivity index (χ1n) is 9.96. The van der Waals surface area contributed by atoms with Crippen molar-refractivity contribution < 1.29 is 30.8 Å². The molecule has 1 aromatic heterocycles. The van der Waals surface area contributed by atoms with Gasteiger partial charge in [0.2, 0.25) is 15.9 Å². The molecule has 0 spiro atoms. The zero-order chi connectivity index (χ0) is 22.2. The Morgan fingerprint density at radius 2 is 1.71 bits per heavy atom. The summed E-state index contributed by atoms with van der Waals surface area (Å²) in [6, 6.07) is 5.75. The first-order chi connectivity index (χ1) is 14.7. The maximum absolute atomic E-state index is 12.9. The molecule has 1 atom stereocenters. The normalized spacial score (nSPS) is 20.9. The van der Waals surface area contributed by atoms with Gasteiger partial charge in [-0.25, -0.2) is 8.42 Å². The van der Waals surface area contributed by atoms with Crippen LogP contribution in [0.1, 0.15) is 53.7 Å². The predicted octanol–water partition coefficient (Wildman–Crippen LogP) is 2.89. The Balaban J connectivity index is 1.46. The molecule has 0 N–H and O–H groups in total. The predicted molar refractivity (Wildman–Crippen MR) is 102 cm³/mol. The highest BCUT2D eigenvalue weighted by molar-refractivity contribution is 7.89. The van der Waals surface area contributed by atoms with Crippen molar-refractivity contribution in [3.05, 3.63) is 41.6 Å². The monoisotopic (exact) mass is 458 g/mol. The average molecular weight is 458 g/mol. The van der Waals surface area contributed by atoms with Crippen molar-refractivity contribution in [3.63, 3.8) is 0 Å². The van der Waals surface area contributed by atoms with Crippen molar-refractivity contribution in [2.45, 2.75) is 42.7 Å². The van der Waals surface area contributed by atoms with Crippen LogP contribution in [0.5, 0.6) is 0 Å². The molecule has 168 valence electrons. The second-order valence-electron chi connectivity index (χ2n) is 7.67. The number of hydrogen-bond acceptors (Lipinski definition) is 6. The molecule has 8 nitrogen and oxygen atoms in total. The van der Waals surface area contributed by atoms with Crippen LogP contribution in [0.3, 0.4) is 0 Å². The van der Waals surface area contributed by atoms with E-state index in [1.165, 1.54) is 33.5 Å². The summed E-state index contributed by atoms with van der Waals surface area (Å²) >= 11 is 0. The molecule has 1 aromatic carbocycles. The van der Waals surface area contributed by atoms with Gasteiger partial charge in [0, 0.05) is 31.7 Å². The number of alkyl halides is 3. The fourth-order valence-corrected chi connectivity index (χ4v) is 5.42. The third-order valence-corrected chi connectivity index (χ3v) is 7.46. The van der Waals surface area contributed by atoms with Crippen LogP contribution in [0, 0.1) is 0 Å². The van der Waals surface area contributed by atoms with Crippen LogP contribution in [0.15, 0.2) is 33.6 Å². The molecule has 2 aliphatic rings. The Morgan fingerprint density at radius 1 is 1.03 bits per heavy atom. The number of rotatable bonds is 4. The van der Waals surface area contributed by atoms with E-state index >= 15 is 0 Å². The van der Waals surface area contributed by atoms with Crippen LogP contribution >= 0.6 is 0 Å². The minimum atomic E-state index is -4.72. The van der Waals surface area contributed by atoms with E-state index < -0.39 is 28.0 Å². The summed E-state index contributed by atoms with van der Waals surface area (Å²) in [4.78, 5) is 14.5. The molecule has 0 bridgehead atoms. The lowest BCUT2D eigenvalue weighted by Gasteiger charge is -2.31. The highest BCUT2D eigenvalue weighted by Crippen LogP contribution is 2.32. The summed E-state index contributed by atoms with van der Waals surface area (Å²) in [5.41, 5.74) is 0.308. The van der Waals surface area contributed by atoms with Crippen molar-refractivity contribution >= 4 is 15.9 Å². The highest BCUT2D eigenvalue weighted by Gasteiger charge is 2.39. The SMILES string of the molecule is O=C(c1ccc(S(=O)(=O)N2CCCC2)cc1)N1CCCC(c2nnc(C(F)(F)F)o2)C1. The number of likely N-dealkylation sites (tertiary alicyclic amines) is 1. The molecule has 2 fully saturated rings. The fourth-order valence-electron chi connectivity index (χ4n) is 3.91. The van der Waals surface area contributed by atoms with Gasteiger partial charge in [-0.2, -0.15) is 17.5 Å².